The highest BCUT2D eigenvalue weighted by atomic mass is 16.5. The second-order valence-electron chi connectivity index (χ2n) is 11.3. The highest BCUT2D eigenvalue weighted by molar-refractivity contribution is 5.66. The molecule has 0 radical (unpaired) electrons. The van der Waals surface area contributed by atoms with E-state index in [0.29, 0.717) is 12.2 Å². The predicted octanol–water partition coefficient (Wildman–Crippen LogP) is 7.23. The Morgan fingerprint density at radius 1 is 0.610 bits per heavy atom. The molecule has 0 bridgehead atoms. The monoisotopic (exact) mass is 572 g/mol. The Hall–Kier alpha value is -2.12. The maximum absolute atomic E-state index is 9.52. The maximum Gasteiger partial charge on any atom is 0.122 e. The molecular formula is C35H56O6. The number of hydrogen-bond acceptors (Lipinski definition) is 6. The summed E-state index contributed by atoms with van der Waals surface area (Å²) in [5, 5.41) is 36.8. The van der Waals surface area contributed by atoms with E-state index in [1.165, 1.54) is 69.8 Å². The summed E-state index contributed by atoms with van der Waals surface area (Å²) in [6, 6.07) is 14.4. The van der Waals surface area contributed by atoms with Crippen molar-refractivity contribution in [1.82, 2.24) is 0 Å². The molecule has 2 aromatic carbocycles. The molecule has 6 nitrogen and oxygen atoms in total. The van der Waals surface area contributed by atoms with Crippen molar-refractivity contribution in [2.45, 2.75) is 122 Å². The minimum Gasteiger partial charge on any atom is -0.493 e. The molecule has 0 fully saturated rings. The number of benzene rings is 2. The molecule has 0 aliphatic rings. The van der Waals surface area contributed by atoms with Gasteiger partial charge < -0.3 is 29.9 Å². The van der Waals surface area contributed by atoms with E-state index < -0.39 is 12.2 Å². The lowest BCUT2D eigenvalue weighted by molar-refractivity contribution is 0.0536. The van der Waals surface area contributed by atoms with Crippen LogP contribution in [0.2, 0.25) is 0 Å². The van der Waals surface area contributed by atoms with Crippen molar-refractivity contribution in [3.8, 4) is 22.6 Å². The Bertz CT molecular complexity index is 900. The van der Waals surface area contributed by atoms with Crippen molar-refractivity contribution in [1.29, 1.82) is 0 Å². The van der Waals surface area contributed by atoms with Crippen LogP contribution in [-0.2, 0) is 6.42 Å². The number of aryl methyl sites for hydroxylation is 1. The van der Waals surface area contributed by atoms with Crippen LogP contribution in [0.15, 0.2) is 42.5 Å². The minimum absolute atomic E-state index is 0.0703. The van der Waals surface area contributed by atoms with Crippen LogP contribution in [0.4, 0.5) is 0 Å². The molecule has 2 atom stereocenters. The van der Waals surface area contributed by atoms with E-state index in [2.05, 4.69) is 25.1 Å². The lowest BCUT2D eigenvalue weighted by atomic mass is 9.98. The van der Waals surface area contributed by atoms with Crippen molar-refractivity contribution < 1.29 is 29.9 Å². The molecule has 6 heteroatoms. The fourth-order valence-corrected chi connectivity index (χ4v) is 5.00. The van der Waals surface area contributed by atoms with Crippen molar-refractivity contribution in [2.24, 2.45) is 0 Å². The van der Waals surface area contributed by atoms with E-state index in [4.69, 9.17) is 19.7 Å². The summed E-state index contributed by atoms with van der Waals surface area (Å²) < 4.78 is 11.8. The zero-order valence-electron chi connectivity index (χ0n) is 25.4. The molecule has 0 saturated carbocycles. The summed E-state index contributed by atoms with van der Waals surface area (Å²) in [4.78, 5) is 0. The number of rotatable bonds is 25. The molecule has 0 aliphatic heterocycles. The fourth-order valence-electron chi connectivity index (χ4n) is 5.00. The number of unbranched alkanes of at least 4 members (excludes halogenated alkanes) is 12. The highest BCUT2D eigenvalue weighted by Crippen LogP contribution is 2.30. The van der Waals surface area contributed by atoms with Gasteiger partial charge in [0.2, 0.25) is 0 Å². The van der Waals surface area contributed by atoms with E-state index in [9.17, 15) is 10.2 Å². The van der Waals surface area contributed by atoms with E-state index in [0.717, 1.165) is 55.6 Å². The van der Waals surface area contributed by atoms with Crippen molar-refractivity contribution >= 4 is 0 Å². The van der Waals surface area contributed by atoms with Gasteiger partial charge in [-0.25, -0.2) is 0 Å². The first kappa shape index (κ1) is 35.1. The minimum atomic E-state index is -0.875. The van der Waals surface area contributed by atoms with Crippen LogP contribution in [0.25, 0.3) is 11.1 Å². The van der Waals surface area contributed by atoms with Crippen molar-refractivity contribution in [2.75, 3.05) is 26.4 Å². The molecule has 0 aliphatic carbocycles. The summed E-state index contributed by atoms with van der Waals surface area (Å²) in [7, 11) is 0. The van der Waals surface area contributed by atoms with E-state index in [-0.39, 0.29) is 19.8 Å². The average molecular weight is 573 g/mol. The Kier molecular flexibility index (Phi) is 19.2. The zero-order valence-corrected chi connectivity index (χ0v) is 25.4. The third-order valence-electron chi connectivity index (χ3n) is 7.60. The van der Waals surface area contributed by atoms with Crippen LogP contribution < -0.4 is 9.47 Å². The third kappa shape index (κ3) is 15.6. The molecule has 232 valence electrons. The molecule has 2 rings (SSSR count). The van der Waals surface area contributed by atoms with Gasteiger partial charge in [-0.1, -0.05) is 102 Å². The second-order valence-corrected chi connectivity index (χ2v) is 11.3. The highest BCUT2D eigenvalue weighted by Gasteiger charge is 2.09. The number of aliphatic hydroxyl groups excluding tert-OH is 4. The second kappa shape index (κ2) is 22.5. The van der Waals surface area contributed by atoms with Crippen LogP contribution in [-0.4, -0.2) is 59.1 Å². The van der Waals surface area contributed by atoms with E-state index >= 15 is 0 Å². The van der Waals surface area contributed by atoms with Gasteiger partial charge in [-0.3, -0.25) is 0 Å². The van der Waals surface area contributed by atoms with Crippen LogP contribution >= 0.6 is 0 Å². The summed E-state index contributed by atoms with van der Waals surface area (Å²) >= 11 is 0. The number of ether oxygens (including phenoxy) is 2. The Morgan fingerprint density at radius 3 is 1.85 bits per heavy atom. The molecule has 41 heavy (non-hydrogen) atoms. The van der Waals surface area contributed by atoms with Gasteiger partial charge in [-0.05, 0) is 66.6 Å². The Balaban J connectivity index is 1.86. The summed E-state index contributed by atoms with van der Waals surface area (Å²) in [6.07, 6.45) is 17.2. The summed E-state index contributed by atoms with van der Waals surface area (Å²) in [5.41, 5.74) is 3.54. The molecule has 0 saturated heterocycles. The molecule has 0 aromatic heterocycles. The van der Waals surface area contributed by atoms with E-state index in [1.807, 2.05) is 24.3 Å². The van der Waals surface area contributed by atoms with Crippen LogP contribution in [0.3, 0.4) is 0 Å². The quantitative estimate of drug-likeness (QED) is 0.0937. The third-order valence-corrected chi connectivity index (χ3v) is 7.60. The topological polar surface area (TPSA) is 99.4 Å². The zero-order chi connectivity index (χ0) is 29.5. The SMILES string of the molecule is CCCCCCCCCc1cc(-c2ccc(OCC(O)CO)cc2)ccc1OCCCCCCCCCC(O)CO. The van der Waals surface area contributed by atoms with Crippen LogP contribution in [0.1, 0.15) is 109 Å². The standard InChI is InChI=1S/C35H56O6/c1-2-3-4-5-7-10-13-16-31-25-30(29-18-21-34(22-19-29)41-28-33(39)27-37)20-23-35(31)40-24-15-12-9-6-8-11-14-17-32(38)26-36/h18-23,25,32-33,36-39H,2-17,24,26-28H2,1H3. The van der Waals surface area contributed by atoms with E-state index in [1.54, 1.807) is 0 Å². The van der Waals surface area contributed by atoms with Gasteiger partial charge in [0.15, 0.2) is 0 Å². The fraction of sp³-hybridized carbons (Fsp3) is 0.657. The van der Waals surface area contributed by atoms with Crippen LogP contribution in [0, 0.1) is 0 Å². The van der Waals surface area contributed by atoms with Crippen LogP contribution in [0.5, 0.6) is 11.5 Å². The summed E-state index contributed by atoms with van der Waals surface area (Å²) in [5.74, 6) is 1.67. The molecule has 4 N–H and O–H groups in total. The van der Waals surface area contributed by atoms with Gasteiger partial charge in [-0.2, -0.15) is 0 Å². The molecule has 0 amide bonds. The van der Waals surface area contributed by atoms with Crippen molar-refractivity contribution in [3.63, 3.8) is 0 Å². The lowest BCUT2D eigenvalue weighted by Crippen LogP contribution is -2.21. The van der Waals surface area contributed by atoms with Gasteiger partial charge in [0.25, 0.3) is 0 Å². The molecule has 2 unspecified atom stereocenters. The van der Waals surface area contributed by atoms with Crippen molar-refractivity contribution in [3.05, 3.63) is 48.0 Å². The molecule has 2 aromatic rings. The molecule has 0 spiro atoms. The largest absolute Gasteiger partial charge is 0.493 e. The lowest BCUT2D eigenvalue weighted by Gasteiger charge is -2.14. The van der Waals surface area contributed by atoms with Gasteiger partial charge in [-0.15, -0.1) is 0 Å². The Morgan fingerprint density at radius 2 is 1.20 bits per heavy atom. The first-order valence-corrected chi connectivity index (χ1v) is 16.1. The van der Waals surface area contributed by atoms with Gasteiger partial charge in [0.05, 0.1) is 25.9 Å². The molecular weight excluding hydrogens is 516 g/mol. The predicted molar refractivity (Wildman–Crippen MR) is 168 cm³/mol. The first-order chi connectivity index (χ1) is 20.1. The Labute approximate surface area is 248 Å². The number of aliphatic hydroxyl groups is 4. The van der Waals surface area contributed by atoms with Gasteiger partial charge in [0, 0.05) is 0 Å². The van der Waals surface area contributed by atoms with Gasteiger partial charge in [0.1, 0.15) is 24.2 Å². The molecule has 0 heterocycles. The number of hydrogen-bond donors (Lipinski definition) is 4. The first-order valence-electron chi connectivity index (χ1n) is 16.1. The smallest absolute Gasteiger partial charge is 0.122 e. The average Bonchev–Trinajstić information content (AvgIpc) is 3.00. The summed E-state index contributed by atoms with van der Waals surface area (Å²) in [6.45, 7) is 2.61. The normalized spacial score (nSPS) is 12.8. The maximum atomic E-state index is 9.52. The van der Waals surface area contributed by atoms with Gasteiger partial charge >= 0.3 is 0 Å².